The maximum Gasteiger partial charge on any atom is 0.421 e. The van der Waals surface area contributed by atoms with E-state index < -0.39 is 0 Å². The van der Waals surface area contributed by atoms with Gasteiger partial charge in [-0.3, -0.25) is 0 Å². The highest BCUT2D eigenvalue weighted by Crippen LogP contribution is 2.33. The number of benzene rings is 1. The smallest absolute Gasteiger partial charge is 0.421 e. The van der Waals surface area contributed by atoms with Gasteiger partial charge < -0.3 is 38.7 Å². The number of aryl methyl sites for hydroxylation is 2. The zero-order valence-corrected chi connectivity index (χ0v) is 22.7. The highest BCUT2D eigenvalue weighted by Gasteiger charge is 2.18. The van der Waals surface area contributed by atoms with Crippen LogP contribution in [0.15, 0.2) is 40.8 Å². The number of azo groups is 1. The van der Waals surface area contributed by atoms with Crippen molar-refractivity contribution in [3.8, 4) is 0 Å². The van der Waals surface area contributed by atoms with E-state index in [0.29, 0.717) is 13.1 Å². The quantitative estimate of drug-likeness (QED) is 0.204. The number of anilines is 2. The molecule has 5 N–H and O–H groups in total. The Morgan fingerprint density at radius 3 is 2.55 bits per heavy atom. The number of nitrogens with one attached hydrogen (secondary N) is 1. The average Bonchev–Trinajstić information content (AvgIpc) is 3.16. The van der Waals surface area contributed by atoms with Crippen LogP contribution >= 0.6 is 24.8 Å². The number of halogens is 3. The summed E-state index contributed by atoms with van der Waals surface area (Å²) >= 11 is 0. The molecule has 188 valence electrons. The lowest BCUT2D eigenvalue weighted by Gasteiger charge is -2.32. The van der Waals surface area contributed by atoms with Gasteiger partial charge >= 0.3 is 5.95 Å². The molecule has 2 aromatic rings. The second-order valence-corrected chi connectivity index (χ2v) is 7.79. The Morgan fingerprint density at radius 1 is 1.03 bits per heavy atom. The second-order valence-electron chi connectivity index (χ2n) is 7.79. The van der Waals surface area contributed by atoms with E-state index in [0.717, 1.165) is 62.9 Å². The SMILES string of the molecule is CCCCCN1CCNc2cc(N=Nc3n(CCCN)cc[n+]3CCCN)ccc21.Cl.Cl.[Br-]. The molecule has 3 rings (SSSR count). The molecule has 1 aromatic heterocycles. The molecule has 2 heterocycles. The number of fused-ring (bicyclic) bond motifs is 1. The van der Waals surface area contributed by atoms with Crippen LogP contribution in [0.25, 0.3) is 0 Å². The number of nitrogens with two attached hydrogens (primary N) is 2. The molecule has 11 heteroatoms. The van der Waals surface area contributed by atoms with Crippen LogP contribution in [0.4, 0.5) is 23.0 Å². The number of rotatable bonds is 12. The number of unbranched alkanes of at least 4 members (excludes halogenated alkanes) is 2. The Kier molecular flexibility index (Phi) is 16.4. The summed E-state index contributed by atoms with van der Waals surface area (Å²) in [5, 5.41) is 12.7. The zero-order chi connectivity index (χ0) is 21.2. The lowest BCUT2D eigenvalue weighted by atomic mass is 10.1. The van der Waals surface area contributed by atoms with Gasteiger partial charge in [-0.15, -0.1) is 24.8 Å². The summed E-state index contributed by atoms with van der Waals surface area (Å²) in [6.07, 6.45) is 9.66. The first-order chi connectivity index (χ1) is 14.8. The molecule has 0 spiro atoms. The summed E-state index contributed by atoms with van der Waals surface area (Å²) in [5.74, 6) is 0.837. The number of aromatic nitrogens is 2. The Bertz CT molecular complexity index is 805. The number of hydrogen-bond acceptors (Lipinski definition) is 6. The van der Waals surface area contributed by atoms with Crippen LogP contribution in [0.1, 0.15) is 39.0 Å². The van der Waals surface area contributed by atoms with E-state index in [4.69, 9.17) is 11.5 Å². The van der Waals surface area contributed by atoms with E-state index in [1.54, 1.807) is 0 Å². The van der Waals surface area contributed by atoms with Crippen molar-refractivity contribution in [2.75, 3.05) is 42.9 Å². The number of nitrogens with zero attached hydrogens (tertiary/aromatic N) is 5. The first kappa shape index (κ1) is 31.6. The van der Waals surface area contributed by atoms with E-state index in [9.17, 15) is 0 Å². The first-order valence-corrected chi connectivity index (χ1v) is 11.3. The summed E-state index contributed by atoms with van der Waals surface area (Å²) in [6, 6.07) is 6.32. The van der Waals surface area contributed by atoms with E-state index in [1.807, 2.05) is 12.4 Å². The topological polar surface area (TPSA) is 101 Å². The highest BCUT2D eigenvalue weighted by atomic mass is 79.9. The maximum atomic E-state index is 5.69. The lowest BCUT2D eigenvalue weighted by molar-refractivity contribution is -0.683. The molecule has 0 fully saturated rings. The van der Waals surface area contributed by atoms with Crippen molar-refractivity contribution in [2.45, 2.75) is 52.1 Å². The summed E-state index contributed by atoms with van der Waals surface area (Å²) in [5.41, 5.74) is 14.6. The normalized spacial score (nSPS) is 12.4. The van der Waals surface area contributed by atoms with Crippen molar-refractivity contribution >= 4 is 47.8 Å². The van der Waals surface area contributed by atoms with Crippen molar-refractivity contribution in [1.29, 1.82) is 0 Å². The van der Waals surface area contributed by atoms with E-state index in [2.05, 4.69) is 54.7 Å². The molecular weight excluding hydrogens is 527 g/mol. The van der Waals surface area contributed by atoms with Gasteiger partial charge in [-0.25, -0.2) is 9.13 Å². The summed E-state index contributed by atoms with van der Waals surface area (Å²) in [7, 11) is 0. The van der Waals surface area contributed by atoms with E-state index >= 15 is 0 Å². The third-order valence-electron chi connectivity index (χ3n) is 5.45. The third kappa shape index (κ3) is 9.05. The fourth-order valence-electron chi connectivity index (χ4n) is 3.78. The number of hydrogen-bond donors (Lipinski definition) is 3. The van der Waals surface area contributed by atoms with Crippen molar-refractivity contribution in [1.82, 2.24) is 4.57 Å². The van der Waals surface area contributed by atoms with Crippen molar-refractivity contribution < 1.29 is 21.5 Å². The Balaban J connectivity index is 0.00000341. The van der Waals surface area contributed by atoms with Crippen molar-refractivity contribution in [3.63, 3.8) is 0 Å². The molecule has 0 atom stereocenters. The molecule has 0 radical (unpaired) electrons. The molecule has 0 saturated carbocycles. The van der Waals surface area contributed by atoms with Gasteiger partial charge in [-0.2, -0.15) is 0 Å². The van der Waals surface area contributed by atoms with Crippen LogP contribution in [0.3, 0.4) is 0 Å². The minimum atomic E-state index is 0. The minimum absolute atomic E-state index is 0. The molecule has 33 heavy (non-hydrogen) atoms. The molecule has 0 amide bonds. The summed E-state index contributed by atoms with van der Waals surface area (Å²) in [4.78, 5) is 2.47. The van der Waals surface area contributed by atoms with Gasteiger partial charge in [-0.1, -0.05) is 24.9 Å². The molecular formula is C22H39BrCl2N8. The Hall–Kier alpha value is -1.39. The Labute approximate surface area is 220 Å². The van der Waals surface area contributed by atoms with Crippen LogP contribution < -0.4 is 43.2 Å². The number of imidazole rings is 1. The molecule has 0 saturated heterocycles. The first-order valence-electron chi connectivity index (χ1n) is 11.3. The van der Waals surface area contributed by atoms with Crippen LogP contribution in [-0.2, 0) is 13.1 Å². The van der Waals surface area contributed by atoms with Crippen LogP contribution in [0, 0.1) is 0 Å². The van der Waals surface area contributed by atoms with Crippen LogP contribution in [0.2, 0.25) is 0 Å². The standard InChI is InChI=1S/C22H37N8.BrH.2ClH/c1-2-3-4-12-28-15-11-25-20-18-19(7-8-21(20)28)26-27-22-29(13-5-9-23)16-17-30(22)14-6-10-24;;;/h7-8,16-18,25H,2-6,9-15,23-24H2,1H3;3*1H/q+1;;;/p-1. The summed E-state index contributed by atoms with van der Waals surface area (Å²) in [6.45, 7) is 8.34. The fourth-order valence-corrected chi connectivity index (χ4v) is 3.78. The minimum Gasteiger partial charge on any atom is -1.00 e. The van der Waals surface area contributed by atoms with Crippen molar-refractivity contribution in [2.24, 2.45) is 21.7 Å². The Morgan fingerprint density at radius 2 is 1.82 bits per heavy atom. The van der Waals surface area contributed by atoms with Gasteiger partial charge in [0.2, 0.25) is 0 Å². The maximum absolute atomic E-state index is 5.69. The predicted molar refractivity (Wildman–Crippen MR) is 137 cm³/mol. The zero-order valence-electron chi connectivity index (χ0n) is 19.5. The molecule has 0 unspecified atom stereocenters. The van der Waals surface area contributed by atoms with Gasteiger partial charge in [0.1, 0.15) is 5.69 Å². The van der Waals surface area contributed by atoms with Gasteiger partial charge in [-0.05, 0) is 50.6 Å². The molecule has 1 aliphatic heterocycles. The molecule has 8 nitrogen and oxygen atoms in total. The van der Waals surface area contributed by atoms with Gasteiger partial charge in [0.25, 0.3) is 0 Å². The molecule has 1 aromatic carbocycles. The second kappa shape index (κ2) is 17.1. The third-order valence-corrected chi connectivity index (χ3v) is 5.45. The van der Waals surface area contributed by atoms with Crippen molar-refractivity contribution in [3.05, 3.63) is 30.6 Å². The van der Waals surface area contributed by atoms with Gasteiger partial charge in [0.05, 0.1) is 36.9 Å². The molecule has 0 bridgehead atoms. The summed E-state index contributed by atoms with van der Waals surface area (Å²) < 4.78 is 4.22. The van der Waals surface area contributed by atoms with E-state index in [-0.39, 0.29) is 41.8 Å². The van der Waals surface area contributed by atoms with Gasteiger partial charge in [0, 0.05) is 24.7 Å². The largest absolute Gasteiger partial charge is 1.00 e. The van der Waals surface area contributed by atoms with Crippen LogP contribution in [0.5, 0.6) is 0 Å². The fraction of sp³-hybridized carbons (Fsp3) is 0.591. The monoisotopic (exact) mass is 564 g/mol. The highest BCUT2D eigenvalue weighted by molar-refractivity contribution is 5.85. The predicted octanol–water partition coefficient (Wildman–Crippen LogP) is 1.16. The molecule has 1 aliphatic rings. The molecule has 0 aliphatic carbocycles. The lowest BCUT2D eigenvalue weighted by Crippen LogP contribution is -3.00. The van der Waals surface area contributed by atoms with E-state index in [1.165, 1.54) is 24.9 Å². The van der Waals surface area contributed by atoms with Crippen LogP contribution in [-0.4, -0.2) is 37.3 Å². The average molecular weight is 566 g/mol. The van der Waals surface area contributed by atoms with Gasteiger partial charge in [0.15, 0.2) is 0 Å².